The molecule has 0 saturated heterocycles. The fourth-order valence-electron chi connectivity index (χ4n) is 2.40. The Balaban J connectivity index is 1.97. The van der Waals surface area contributed by atoms with Gasteiger partial charge in [-0.1, -0.05) is 13.0 Å². The maximum absolute atomic E-state index is 12.2. The number of benzene rings is 1. The summed E-state index contributed by atoms with van der Waals surface area (Å²) in [5.41, 5.74) is 2.83. The van der Waals surface area contributed by atoms with Crippen LogP contribution in [0.5, 0.6) is 0 Å². The zero-order chi connectivity index (χ0) is 14.8. The molecule has 20 heavy (non-hydrogen) atoms. The van der Waals surface area contributed by atoms with Gasteiger partial charge in [0.2, 0.25) is 5.91 Å². The number of amides is 1. The molecule has 0 saturated carbocycles. The fourth-order valence-corrected chi connectivity index (χ4v) is 3.33. The Morgan fingerprint density at radius 1 is 1.35 bits per heavy atom. The number of nitrogens with one attached hydrogen (secondary N) is 1. The molecule has 1 aromatic rings. The van der Waals surface area contributed by atoms with E-state index in [2.05, 4.69) is 44.3 Å². The minimum Gasteiger partial charge on any atom is -0.350 e. The molecule has 110 valence electrons. The van der Waals surface area contributed by atoms with Crippen LogP contribution in [0.1, 0.15) is 51.7 Å². The summed E-state index contributed by atoms with van der Waals surface area (Å²) in [4.78, 5) is 13.4. The van der Waals surface area contributed by atoms with Gasteiger partial charge in [-0.05, 0) is 69.7 Å². The Hall–Kier alpha value is -0.960. The summed E-state index contributed by atoms with van der Waals surface area (Å²) in [7, 11) is 0. The first-order valence-electron chi connectivity index (χ1n) is 7.52. The standard InChI is InChI=1S/C17H25NOS/c1-5-17(3,4)18-16(19)12(2)20-15-10-9-13-7-6-8-14(13)11-15/h9-12H,5-8H2,1-4H3,(H,18,19). The summed E-state index contributed by atoms with van der Waals surface area (Å²) in [5, 5.41) is 3.06. The molecule has 1 aliphatic rings. The van der Waals surface area contributed by atoms with Crippen molar-refractivity contribution in [3.8, 4) is 0 Å². The quantitative estimate of drug-likeness (QED) is 0.832. The van der Waals surface area contributed by atoms with Crippen LogP contribution in [0.2, 0.25) is 0 Å². The lowest BCUT2D eigenvalue weighted by Crippen LogP contribution is -2.46. The van der Waals surface area contributed by atoms with Gasteiger partial charge < -0.3 is 5.32 Å². The van der Waals surface area contributed by atoms with Crippen LogP contribution in [-0.4, -0.2) is 16.7 Å². The van der Waals surface area contributed by atoms with E-state index in [0.29, 0.717) is 0 Å². The van der Waals surface area contributed by atoms with E-state index in [9.17, 15) is 4.79 Å². The van der Waals surface area contributed by atoms with E-state index in [1.807, 2.05) is 6.92 Å². The van der Waals surface area contributed by atoms with Gasteiger partial charge in [0.1, 0.15) is 0 Å². The van der Waals surface area contributed by atoms with E-state index >= 15 is 0 Å². The molecule has 1 aromatic carbocycles. The van der Waals surface area contributed by atoms with Crippen LogP contribution in [-0.2, 0) is 17.6 Å². The first kappa shape index (κ1) is 15.4. The Kier molecular flexibility index (Phi) is 4.79. The van der Waals surface area contributed by atoms with Crippen molar-refractivity contribution in [3.05, 3.63) is 29.3 Å². The Morgan fingerprint density at radius 3 is 2.75 bits per heavy atom. The summed E-state index contributed by atoms with van der Waals surface area (Å²) in [6.45, 7) is 8.22. The number of carbonyl (C=O) groups excluding carboxylic acids is 1. The molecule has 1 atom stereocenters. The van der Waals surface area contributed by atoms with Crippen LogP contribution in [0.25, 0.3) is 0 Å². The Morgan fingerprint density at radius 2 is 2.05 bits per heavy atom. The van der Waals surface area contributed by atoms with Gasteiger partial charge >= 0.3 is 0 Å². The molecule has 0 bridgehead atoms. The fraction of sp³-hybridized carbons (Fsp3) is 0.588. The number of hydrogen-bond donors (Lipinski definition) is 1. The number of hydrogen-bond acceptors (Lipinski definition) is 2. The molecule has 0 radical (unpaired) electrons. The number of carbonyl (C=O) groups is 1. The third kappa shape index (κ3) is 3.78. The van der Waals surface area contributed by atoms with Crippen LogP contribution in [0.4, 0.5) is 0 Å². The number of aryl methyl sites for hydroxylation is 2. The van der Waals surface area contributed by atoms with Crippen LogP contribution < -0.4 is 5.32 Å². The minimum atomic E-state index is -0.121. The molecule has 0 spiro atoms. The Labute approximate surface area is 126 Å². The minimum absolute atomic E-state index is 0.0553. The van der Waals surface area contributed by atoms with Crippen molar-refractivity contribution in [1.29, 1.82) is 0 Å². The smallest absolute Gasteiger partial charge is 0.233 e. The van der Waals surface area contributed by atoms with Crippen molar-refractivity contribution in [2.45, 2.75) is 69.1 Å². The highest BCUT2D eigenvalue weighted by Crippen LogP contribution is 2.30. The van der Waals surface area contributed by atoms with E-state index in [4.69, 9.17) is 0 Å². The van der Waals surface area contributed by atoms with Gasteiger partial charge in [-0.2, -0.15) is 0 Å². The average molecular weight is 291 g/mol. The lowest BCUT2D eigenvalue weighted by Gasteiger charge is -2.26. The van der Waals surface area contributed by atoms with Crippen LogP contribution in [0.3, 0.4) is 0 Å². The summed E-state index contributed by atoms with van der Waals surface area (Å²) in [6, 6.07) is 6.65. The molecule has 1 amide bonds. The molecule has 2 rings (SSSR count). The molecular formula is C17H25NOS. The zero-order valence-electron chi connectivity index (χ0n) is 13.0. The normalized spacial score (nSPS) is 15.8. The Bertz CT molecular complexity index is 496. The zero-order valence-corrected chi connectivity index (χ0v) is 13.8. The third-order valence-electron chi connectivity index (χ3n) is 4.10. The predicted octanol–water partition coefficient (Wildman–Crippen LogP) is 3.96. The van der Waals surface area contributed by atoms with Crippen LogP contribution >= 0.6 is 11.8 Å². The number of rotatable bonds is 5. The molecule has 1 N–H and O–H groups in total. The molecule has 3 heteroatoms. The van der Waals surface area contributed by atoms with E-state index < -0.39 is 0 Å². The van der Waals surface area contributed by atoms with Crippen LogP contribution in [0.15, 0.2) is 23.1 Å². The second-order valence-electron chi connectivity index (χ2n) is 6.27. The summed E-state index contributed by atoms with van der Waals surface area (Å²) < 4.78 is 0. The van der Waals surface area contributed by atoms with Crippen molar-refractivity contribution in [1.82, 2.24) is 5.32 Å². The van der Waals surface area contributed by atoms with Crippen molar-refractivity contribution in [3.63, 3.8) is 0 Å². The second-order valence-corrected chi connectivity index (χ2v) is 7.69. The SMILES string of the molecule is CCC(C)(C)NC(=O)C(C)Sc1ccc2c(c1)CCC2. The molecule has 1 unspecified atom stereocenters. The van der Waals surface area contributed by atoms with Gasteiger partial charge in [0.25, 0.3) is 0 Å². The molecule has 0 heterocycles. The van der Waals surface area contributed by atoms with Crippen molar-refractivity contribution in [2.24, 2.45) is 0 Å². The van der Waals surface area contributed by atoms with Gasteiger partial charge in [0, 0.05) is 10.4 Å². The summed E-state index contributed by atoms with van der Waals surface area (Å²) in [6.07, 6.45) is 4.60. The number of fused-ring (bicyclic) bond motifs is 1. The van der Waals surface area contributed by atoms with Crippen molar-refractivity contribution in [2.75, 3.05) is 0 Å². The molecule has 0 fully saturated rings. The molecule has 0 aliphatic heterocycles. The lowest BCUT2D eigenvalue weighted by atomic mass is 10.0. The largest absolute Gasteiger partial charge is 0.350 e. The highest BCUT2D eigenvalue weighted by molar-refractivity contribution is 8.00. The van der Waals surface area contributed by atoms with Gasteiger partial charge in [0.05, 0.1) is 5.25 Å². The maximum Gasteiger partial charge on any atom is 0.233 e. The topological polar surface area (TPSA) is 29.1 Å². The first-order valence-corrected chi connectivity index (χ1v) is 8.40. The number of thioether (sulfide) groups is 1. The highest BCUT2D eigenvalue weighted by Gasteiger charge is 2.22. The van der Waals surface area contributed by atoms with Crippen molar-refractivity contribution >= 4 is 17.7 Å². The monoisotopic (exact) mass is 291 g/mol. The molecular weight excluding hydrogens is 266 g/mol. The summed E-state index contributed by atoms with van der Waals surface area (Å²) in [5.74, 6) is 0.127. The highest BCUT2D eigenvalue weighted by atomic mass is 32.2. The summed E-state index contributed by atoms with van der Waals surface area (Å²) >= 11 is 1.66. The van der Waals surface area contributed by atoms with Gasteiger partial charge in [-0.15, -0.1) is 11.8 Å². The maximum atomic E-state index is 12.2. The first-order chi connectivity index (χ1) is 9.41. The van der Waals surface area contributed by atoms with Gasteiger partial charge in [-0.3, -0.25) is 4.79 Å². The van der Waals surface area contributed by atoms with E-state index in [1.54, 1.807) is 11.8 Å². The van der Waals surface area contributed by atoms with E-state index in [0.717, 1.165) is 6.42 Å². The van der Waals surface area contributed by atoms with E-state index in [-0.39, 0.29) is 16.7 Å². The van der Waals surface area contributed by atoms with E-state index in [1.165, 1.54) is 35.3 Å². The molecule has 1 aliphatic carbocycles. The van der Waals surface area contributed by atoms with Gasteiger partial charge in [0.15, 0.2) is 0 Å². The predicted molar refractivity (Wildman–Crippen MR) is 86.3 cm³/mol. The molecule has 2 nitrogen and oxygen atoms in total. The van der Waals surface area contributed by atoms with Crippen molar-refractivity contribution < 1.29 is 4.79 Å². The second kappa shape index (κ2) is 6.21. The van der Waals surface area contributed by atoms with Gasteiger partial charge in [-0.25, -0.2) is 0 Å². The van der Waals surface area contributed by atoms with Crippen LogP contribution in [0, 0.1) is 0 Å². The average Bonchev–Trinajstić information content (AvgIpc) is 2.85. The third-order valence-corrected chi connectivity index (χ3v) is 5.19. The molecule has 0 aromatic heterocycles. The lowest BCUT2D eigenvalue weighted by molar-refractivity contribution is -0.121.